The van der Waals surface area contributed by atoms with Crippen molar-refractivity contribution in [2.45, 2.75) is 65.2 Å². The maximum absolute atomic E-state index is 11.8. The molecule has 2 fully saturated rings. The Kier molecular flexibility index (Phi) is 9.40. The molecular weight excluding hydrogens is 328 g/mol. The third-order valence-corrected chi connectivity index (χ3v) is 5.56. The molecule has 0 spiro atoms. The molecule has 2 rings (SSSR count). The van der Waals surface area contributed by atoms with Crippen molar-refractivity contribution in [2.24, 2.45) is 0 Å². The van der Waals surface area contributed by atoms with Gasteiger partial charge in [0.15, 0.2) is 0 Å². The molecule has 2 aliphatic heterocycles. The molecule has 2 amide bonds. The van der Waals surface area contributed by atoms with E-state index in [1.54, 1.807) is 0 Å². The molecule has 2 heterocycles. The third-order valence-electron chi connectivity index (χ3n) is 5.56. The second-order valence-electron chi connectivity index (χ2n) is 7.66. The second kappa shape index (κ2) is 11.5. The molecule has 0 unspecified atom stereocenters. The van der Waals surface area contributed by atoms with Crippen LogP contribution in [0.4, 0.5) is 0 Å². The molecule has 2 saturated heterocycles. The Labute approximate surface area is 159 Å². The van der Waals surface area contributed by atoms with Crippen molar-refractivity contribution in [1.29, 1.82) is 0 Å². The zero-order valence-corrected chi connectivity index (χ0v) is 16.9. The fraction of sp³-hybridized carbons (Fsp3) is 0.900. The van der Waals surface area contributed by atoms with Crippen LogP contribution < -0.4 is 0 Å². The molecule has 0 radical (unpaired) electrons. The van der Waals surface area contributed by atoms with E-state index in [1.807, 2.05) is 23.6 Å². The lowest BCUT2D eigenvalue weighted by atomic mass is 10.1. The fourth-order valence-corrected chi connectivity index (χ4v) is 3.98. The Balaban J connectivity index is 1.53. The maximum atomic E-state index is 11.8. The van der Waals surface area contributed by atoms with Crippen LogP contribution >= 0.6 is 0 Å². The fourth-order valence-electron chi connectivity index (χ4n) is 3.98. The van der Waals surface area contributed by atoms with E-state index in [1.165, 1.54) is 25.7 Å². The summed E-state index contributed by atoms with van der Waals surface area (Å²) in [5.74, 6) is 0.568. The van der Waals surface area contributed by atoms with Crippen molar-refractivity contribution < 1.29 is 9.59 Å². The van der Waals surface area contributed by atoms with Gasteiger partial charge in [-0.15, -0.1) is 0 Å². The van der Waals surface area contributed by atoms with E-state index in [2.05, 4.69) is 9.80 Å². The summed E-state index contributed by atoms with van der Waals surface area (Å²) in [6.07, 6.45) is 8.38. The highest BCUT2D eigenvalue weighted by Crippen LogP contribution is 2.12. The van der Waals surface area contributed by atoms with Gasteiger partial charge in [0, 0.05) is 39.0 Å². The van der Waals surface area contributed by atoms with Gasteiger partial charge in [-0.25, -0.2) is 0 Å². The van der Waals surface area contributed by atoms with Crippen LogP contribution in [0, 0.1) is 0 Å². The first kappa shape index (κ1) is 21.2. The normalized spacial score (nSPS) is 19.8. The number of rotatable bonds is 9. The zero-order chi connectivity index (χ0) is 18.8. The molecule has 0 bridgehead atoms. The molecule has 0 aromatic carbocycles. The molecule has 26 heavy (non-hydrogen) atoms. The molecule has 6 heteroatoms. The van der Waals surface area contributed by atoms with Crippen LogP contribution in [0.5, 0.6) is 0 Å². The summed E-state index contributed by atoms with van der Waals surface area (Å²) in [4.78, 5) is 32.5. The quantitative estimate of drug-likeness (QED) is 0.588. The minimum Gasteiger partial charge on any atom is -0.330 e. The Hall–Kier alpha value is -1.14. The summed E-state index contributed by atoms with van der Waals surface area (Å²) in [5.41, 5.74) is 0. The predicted octanol–water partition coefficient (Wildman–Crippen LogP) is 2.35. The van der Waals surface area contributed by atoms with Gasteiger partial charge < -0.3 is 9.80 Å². The average molecular weight is 367 g/mol. The van der Waals surface area contributed by atoms with Gasteiger partial charge >= 0.3 is 0 Å². The molecule has 2 aliphatic rings. The lowest BCUT2D eigenvalue weighted by Gasteiger charge is -2.36. The highest BCUT2D eigenvalue weighted by molar-refractivity contribution is 5.76. The van der Waals surface area contributed by atoms with Gasteiger partial charge in [-0.1, -0.05) is 26.7 Å². The number of hydrogen-bond donors (Lipinski definition) is 0. The van der Waals surface area contributed by atoms with Crippen LogP contribution in [0.3, 0.4) is 0 Å². The van der Waals surface area contributed by atoms with Crippen molar-refractivity contribution >= 4 is 11.8 Å². The van der Waals surface area contributed by atoms with Crippen LogP contribution in [-0.2, 0) is 9.59 Å². The minimum atomic E-state index is 0.284. The van der Waals surface area contributed by atoms with E-state index in [0.29, 0.717) is 12.8 Å². The largest absolute Gasteiger partial charge is 0.330 e. The summed E-state index contributed by atoms with van der Waals surface area (Å²) in [7, 11) is 0. The third kappa shape index (κ3) is 6.88. The molecule has 0 atom stereocenters. The van der Waals surface area contributed by atoms with Gasteiger partial charge in [0.1, 0.15) is 0 Å². The van der Waals surface area contributed by atoms with E-state index in [-0.39, 0.29) is 11.8 Å². The van der Waals surface area contributed by atoms with Gasteiger partial charge in [0.25, 0.3) is 0 Å². The summed E-state index contributed by atoms with van der Waals surface area (Å²) in [6.45, 7) is 11.9. The Morgan fingerprint density at radius 3 is 1.46 bits per heavy atom. The molecule has 6 nitrogen and oxygen atoms in total. The topological polar surface area (TPSA) is 47.1 Å². The van der Waals surface area contributed by atoms with Gasteiger partial charge in [-0.2, -0.15) is 0 Å². The van der Waals surface area contributed by atoms with E-state index < -0.39 is 0 Å². The maximum Gasteiger partial charge on any atom is 0.223 e. The van der Waals surface area contributed by atoms with Gasteiger partial charge in [0.2, 0.25) is 11.8 Å². The first-order chi connectivity index (χ1) is 12.6. The van der Waals surface area contributed by atoms with Crippen molar-refractivity contribution in [3.63, 3.8) is 0 Å². The standard InChI is InChI=1S/C20H38N4O2/c1-3-19(25)23-15-9-13-21(17-23)11-7-5-6-8-12-22-14-10-16-24(18-22)20(26)4-2/h3-18H2,1-2H3. The molecule has 0 aliphatic carbocycles. The van der Waals surface area contributed by atoms with Crippen LogP contribution in [0.1, 0.15) is 65.2 Å². The number of unbranched alkanes of at least 4 members (excludes halogenated alkanes) is 3. The van der Waals surface area contributed by atoms with Crippen molar-refractivity contribution in [2.75, 3.05) is 52.6 Å². The Bertz CT molecular complexity index is 404. The summed E-state index contributed by atoms with van der Waals surface area (Å²) < 4.78 is 0. The highest BCUT2D eigenvalue weighted by atomic mass is 16.2. The lowest BCUT2D eigenvalue weighted by molar-refractivity contribution is -0.135. The molecule has 0 aromatic heterocycles. The average Bonchev–Trinajstić information content (AvgIpc) is 2.69. The van der Waals surface area contributed by atoms with Crippen molar-refractivity contribution in [3.8, 4) is 0 Å². The number of hydrogen-bond acceptors (Lipinski definition) is 4. The van der Waals surface area contributed by atoms with Crippen molar-refractivity contribution in [3.05, 3.63) is 0 Å². The van der Waals surface area contributed by atoms with E-state index in [9.17, 15) is 9.59 Å². The number of carbonyl (C=O) groups is 2. The van der Waals surface area contributed by atoms with Crippen LogP contribution in [0.2, 0.25) is 0 Å². The van der Waals surface area contributed by atoms with E-state index in [0.717, 1.165) is 65.4 Å². The van der Waals surface area contributed by atoms with E-state index >= 15 is 0 Å². The molecular formula is C20H38N4O2. The lowest BCUT2D eigenvalue weighted by Crippen LogP contribution is -2.47. The first-order valence-corrected chi connectivity index (χ1v) is 10.6. The first-order valence-electron chi connectivity index (χ1n) is 10.6. The summed E-state index contributed by atoms with van der Waals surface area (Å²) in [5, 5.41) is 0. The molecule has 0 saturated carbocycles. The number of carbonyl (C=O) groups excluding carboxylic acids is 2. The monoisotopic (exact) mass is 366 g/mol. The van der Waals surface area contributed by atoms with Crippen molar-refractivity contribution in [1.82, 2.24) is 19.6 Å². The van der Waals surface area contributed by atoms with Gasteiger partial charge in [-0.05, 0) is 38.8 Å². The Morgan fingerprint density at radius 1 is 0.654 bits per heavy atom. The number of nitrogens with zero attached hydrogens (tertiary/aromatic N) is 4. The SMILES string of the molecule is CCC(=O)N1CCCN(CCCCCCN2CCCN(C(=O)CC)C2)C1. The smallest absolute Gasteiger partial charge is 0.223 e. The number of amides is 2. The van der Waals surface area contributed by atoms with Crippen LogP contribution in [-0.4, -0.2) is 84.0 Å². The molecule has 0 aromatic rings. The van der Waals surface area contributed by atoms with Gasteiger partial charge in [0.05, 0.1) is 13.3 Å². The van der Waals surface area contributed by atoms with Crippen LogP contribution in [0.25, 0.3) is 0 Å². The summed E-state index contributed by atoms with van der Waals surface area (Å²) >= 11 is 0. The molecule has 0 N–H and O–H groups in total. The van der Waals surface area contributed by atoms with Crippen LogP contribution in [0.15, 0.2) is 0 Å². The highest BCUT2D eigenvalue weighted by Gasteiger charge is 2.21. The predicted molar refractivity (Wildman–Crippen MR) is 105 cm³/mol. The van der Waals surface area contributed by atoms with Gasteiger partial charge in [-0.3, -0.25) is 19.4 Å². The zero-order valence-electron chi connectivity index (χ0n) is 16.9. The van der Waals surface area contributed by atoms with E-state index in [4.69, 9.17) is 0 Å². The Morgan fingerprint density at radius 2 is 1.08 bits per heavy atom. The summed E-state index contributed by atoms with van der Waals surface area (Å²) in [6, 6.07) is 0. The molecule has 150 valence electrons. The second-order valence-corrected chi connectivity index (χ2v) is 7.66. The minimum absolute atomic E-state index is 0.284.